The van der Waals surface area contributed by atoms with E-state index in [1.165, 1.54) is 4.31 Å². The van der Waals surface area contributed by atoms with Crippen LogP contribution >= 0.6 is 0 Å². The summed E-state index contributed by atoms with van der Waals surface area (Å²) in [5, 5.41) is 3.23. The van der Waals surface area contributed by atoms with Crippen molar-refractivity contribution in [2.24, 2.45) is 0 Å². The predicted octanol–water partition coefficient (Wildman–Crippen LogP) is 7.32. The fourth-order valence-corrected chi connectivity index (χ4v) is 7.70. The molecular formula is C40H47N3O4S. The minimum Gasteiger partial charge on any atom is -0.352 e. The molecule has 1 unspecified atom stereocenters. The highest BCUT2D eigenvalue weighted by Crippen LogP contribution is 2.28. The van der Waals surface area contributed by atoms with Crippen LogP contribution in [-0.4, -0.2) is 43.8 Å². The minimum atomic E-state index is -4.15. The van der Waals surface area contributed by atoms with Crippen LogP contribution in [0.2, 0.25) is 0 Å². The van der Waals surface area contributed by atoms with Gasteiger partial charge in [-0.3, -0.25) is 13.9 Å². The summed E-state index contributed by atoms with van der Waals surface area (Å²) in [4.78, 5) is 30.6. The first-order valence-corrected chi connectivity index (χ1v) is 18.3. The van der Waals surface area contributed by atoms with Gasteiger partial charge in [0.15, 0.2) is 0 Å². The topological polar surface area (TPSA) is 86.8 Å². The van der Waals surface area contributed by atoms with Crippen LogP contribution in [0.1, 0.15) is 73.3 Å². The first-order chi connectivity index (χ1) is 23.0. The van der Waals surface area contributed by atoms with Gasteiger partial charge in [-0.05, 0) is 79.1 Å². The number of hydrogen-bond acceptors (Lipinski definition) is 4. The van der Waals surface area contributed by atoms with E-state index < -0.39 is 28.5 Å². The van der Waals surface area contributed by atoms with Crippen LogP contribution in [0.5, 0.6) is 0 Å². The van der Waals surface area contributed by atoms with Gasteiger partial charge < -0.3 is 10.2 Å². The molecule has 1 N–H and O–H groups in total. The van der Waals surface area contributed by atoms with E-state index in [9.17, 15) is 18.0 Å². The molecule has 2 amide bonds. The monoisotopic (exact) mass is 665 g/mol. The van der Waals surface area contributed by atoms with Crippen LogP contribution in [0.3, 0.4) is 0 Å². The lowest BCUT2D eigenvalue weighted by molar-refractivity contribution is -0.140. The number of carbonyl (C=O) groups excluding carboxylic acids is 2. The predicted molar refractivity (Wildman–Crippen MR) is 192 cm³/mol. The zero-order valence-electron chi connectivity index (χ0n) is 28.4. The summed E-state index contributed by atoms with van der Waals surface area (Å²) in [5.41, 5.74) is 5.18. The summed E-state index contributed by atoms with van der Waals surface area (Å²) in [5.74, 6) is -0.420. The highest BCUT2D eigenvalue weighted by molar-refractivity contribution is 7.92. The number of amides is 2. The summed E-state index contributed by atoms with van der Waals surface area (Å²) in [6.45, 7) is 7.72. The Hall–Kier alpha value is -4.43. The second-order valence-electron chi connectivity index (χ2n) is 13.2. The van der Waals surface area contributed by atoms with Crippen LogP contribution < -0.4 is 9.62 Å². The molecule has 4 aromatic carbocycles. The van der Waals surface area contributed by atoms with Crippen LogP contribution in [0, 0.1) is 13.8 Å². The average Bonchev–Trinajstić information content (AvgIpc) is 3.59. The molecule has 5 rings (SSSR count). The molecule has 1 fully saturated rings. The van der Waals surface area contributed by atoms with Gasteiger partial charge in [0.1, 0.15) is 12.6 Å². The third-order valence-corrected chi connectivity index (χ3v) is 11.1. The van der Waals surface area contributed by atoms with Gasteiger partial charge in [0.25, 0.3) is 10.0 Å². The fraction of sp³-hybridized carbons (Fsp3) is 0.350. The third-order valence-electron chi connectivity index (χ3n) is 9.31. The maximum atomic E-state index is 14.8. The molecule has 8 heteroatoms. The average molecular weight is 666 g/mol. The normalized spacial score (nSPS) is 14.1. The highest BCUT2D eigenvalue weighted by Gasteiger charge is 2.35. The summed E-state index contributed by atoms with van der Waals surface area (Å²) < 4.78 is 29.9. The summed E-state index contributed by atoms with van der Waals surface area (Å²) in [6.07, 6.45) is 4.23. The third kappa shape index (κ3) is 8.53. The van der Waals surface area contributed by atoms with Gasteiger partial charge in [-0.2, -0.15) is 0 Å². The van der Waals surface area contributed by atoms with E-state index in [0.717, 1.165) is 53.5 Å². The number of benzene rings is 4. The van der Waals surface area contributed by atoms with Crippen LogP contribution in [0.25, 0.3) is 0 Å². The van der Waals surface area contributed by atoms with Crippen molar-refractivity contribution in [3.8, 4) is 0 Å². The molecule has 0 saturated heterocycles. The van der Waals surface area contributed by atoms with Gasteiger partial charge >= 0.3 is 0 Å². The van der Waals surface area contributed by atoms with Gasteiger partial charge in [-0.15, -0.1) is 0 Å². The van der Waals surface area contributed by atoms with Gasteiger partial charge in [0.05, 0.1) is 10.6 Å². The molecule has 0 aromatic heterocycles. The van der Waals surface area contributed by atoms with Gasteiger partial charge in [0.2, 0.25) is 11.8 Å². The fourth-order valence-electron chi connectivity index (χ4n) is 6.28. The van der Waals surface area contributed by atoms with Crippen LogP contribution in [0.15, 0.2) is 108 Å². The van der Waals surface area contributed by atoms with Gasteiger partial charge in [0, 0.05) is 19.0 Å². The standard InChI is InChI=1S/C40H47N3O4S/c1-29(2)33-20-22-36(23-21-33)43(48(46,47)37-24-18-30(3)19-25-37)28-39(44)42(27-34-15-9-8-12-31(34)4)38(26-32-13-6-5-7-14-32)40(45)41-35-16-10-11-17-35/h5-9,12-15,18-25,29,35,38H,10-11,16-17,26-28H2,1-4H3,(H,41,45). The molecule has 4 aromatic rings. The second-order valence-corrected chi connectivity index (χ2v) is 15.1. The lowest BCUT2D eigenvalue weighted by Crippen LogP contribution is -2.54. The molecule has 1 aliphatic rings. The Bertz CT molecular complexity index is 1780. The smallest absolute Gasteiger partial charge is 0.264 e. The van der Waals surface area contributed by atoms with Crippen molar-refractivity contribution < 1.29 is 18.0 Å². The van der Waals surface area contributed by atoms with Gasteiger partial charge in [-0.25, -0.2) is 8.42 Å². The van der Waals surface area contributed by atoms with E-state index in [1.807, 2.05) is 80.6 Å². The molecule has 0 bridgehead atoms. The van der Waals surface area contributed by atoms with Crippen LogP contribution in [0.4, 0.5) is 5.69 Å². The molecule has 252 valence electrons. The zero-order valence-corrected chi connectivity index (χ0v) is 29.2. The molecule has 48 heavy (non-hydrogen) atoms. The number of sulfonamides is 1. The van der Waals surface area contributed by atoms with Crippen molar-refractivity contribution in [3.05, 3.63) is 131 Å². The molecule has 0 heterocycles. The largest absolute Gasteiger partial charge is 0.352 e. The number of rotatable bonds is 13. The number of nitrogens with one attached hydrogen (secondary N) is 1. The quantitative estimate of drug-likeness (QED) is 0.162. The maximum Gasteiger partial charge on any atom is 0.264 e. The van der Waals surface area contributed by atoms with E-state index in [4.69, 9.17) is 0 Å². The van der Waals surface area contributed by atoms with Crippen molar-refractivity contribution in [2.45, 2.75) is 89.2 Å². The molecule has 0 spiro atoms. The Balaban J connectivity index is 1.58. The molecule has 7 nitrogen and oxygen atoms in total. The van der Waals surface area contributed by atoms with E-state index >= 15 is 0 Å². The van der Waals surface area contributed by atoms with Crippen molar-refractivity contribution >= 4 is 27.5 Å². The second kappa shape index (κ2) is 15.6. The molecule has 1 saturated carbocycles. The maximum absolute atomic E-state index is 14.8. The number of carbonyl (C=O) groups is 2. The summed E-state index contributed by atoms with van der Waals surface area (Å²) in [6, 6.07) is 30.6. The van der Waals surface area contributed by atoms with E-state index in [0.29, 0.717) is 12.1 Å². The summed E-state index contributed by atoms with van der Waals surface area (Å²) >= 11 is 0. The van der Waals surface area contributed by atoms with E-state index in [-0.39, 0.29) is 29.3 Å². The van der Waals surface area contributed by atoms with E-state index in [2.05, 4.69) is 19.2 Å². The SMILES string of the molecule is Cc1ccc(S(=O)(=O)N(CC(=O)N(Cc2ccccc2C)C(Cc2ccccc2)C(=O)NC2CCCC2)c2ccc(C(C)C)cc2)cc1. The number of hydrogen-bond donors (Lipinski definition) is 1. The van der Waals surface area contributed by atoms with Crippen molar-refractivity contribution in [2.75, 3.05) is 10.8 Å². The van der Waals surface area contributed by atoms with E-state index in [1.54, 1.807) is 41.3 Å². The Morgan fingerprint density at radius 3 is 2.06 bits per heavy atom. The number of aryl methyl sites for hydroxylation is 2. The molecule has 1 atom stereocenters. The van der Waals surface area contributed by atoms with Crippen molar-refractivity contribution in [3.63, 3.8) is 0 Å². The molecule has 0 aliphatic heterocycles. The Morgan fingerprint density at radius 2 is 1.44 bits per heavy atom. The minimum absolute atomic E-state index is 0.0593. The Morgan fingerprint density at radius 1 is 0.812 bits per heavy atom. The molecular weight excluding hydrogens is 619 g/mol. The Kier molecular flexibility index (Phi) is 11.4. The highest BCUT2D eigenvalue weighted by atomic mass is 32.2. The first-order valence-electron chi connectivity index (χ1n) is 16.9. The first kappa shape index (κ1) is 34.9. The lowest BCUT2D eigenvalue weighted by Gasteiger charge is -2.34. The Labute approximate surface area is 286 Å². The molecule has 0 radical (unpaired) electrons. The van der Waals surface area contributed by atoms with Crippen molar-refractivity contribution in [1.29, 1.82) is 0 Å². The lowest BCUT2D eigenvalue weighted by atomic mass is 10.0. The van der Waals surface area contributed by atoms with Crippen molar-refractivity contribution in [1.82, 2.24) is 10.2 Å². The van der Waals surface area contributed by atoms with Gasteiger partial charge in [-0.1, -0.05) is 111 Å². The number of anilines is 1. The zero-order chi connectivity index (χ0) is 34.3. The van der Waals surface area contributed by atoms with Crippen LogP contribution in [-0.2, 0) is 32.6 Å². The number of nitrogens with zero attached hydrogens (tertiary/aromatic N) is 2. The summed E-state index contributed by atoms with van der Waals surface area (Å²) in [7, 11) is -4.15. The molecule has 1 aliphatic carbocycles.